The number of aromatic amines is 1. The van der Waals surface area contributed by atoms with Crippen molar-refractivity contribution in [3.8, 4) is 11.8 Å². The zero-order valence-electron chi connectivity index (χ0n) is 18.9. The molecular formula is C24H28ClN5O4. The van der Waals surface area contributed by atoms with Crippen molar-refractivity contribution < 1.29 is 19.1 Å². The molecule has 4 N–H and O–H groups in total. The summed E-state index contributed by atoms with van der Waals surface area (Å²) in [7, 11) is 1.54. The second-order valence-corrected chi connectivity index (χ2v) is 9.39. The van der Waals surface area contributed by atoms with Crippen molar-refractivity contribution in [3.05, 3.63) is 28.9 Å². The Bertz CT molecular complexity index is 1140. The van der Waals surface area contributed by atoms with Crippen LogP contribution in [0.1, 0.15) is 49.0 Å². The van der Waals surface area contributed by atoms with Crippen LogP contribution in [0, 0.1) is 23.2 Å². The highest BCUT2D eigenvalue weighted by atomic mass is 35.5. The van der Waals surface area contributed by atoms with Crippen molar-refractivity contribution in [1.29, 1.82) is 5.26 Å². The monoisotopic (exact) mass is 485 g/mol. The predicted molar refractivity (Wildman–Crippen MR) is 126 cm³/mol. The van der Waals surface area contributed by atoms with Crippen molar-refractivity contribution in [1.82, 2.24) is 20.9 Å². The van der Waals surface area contributed by atoms with Gasteiger partial charge in [0.05, 0.1) is 23.7 Å². The van der Waals surface area contributed by atoms with Gasteiger partial charge in [-0.15, -0.1) is 0 Å². The number of amides is 3. The van der Waals surface area contributed by atoms with E-state index < -0.39 is 23.9 Å². The summed E-state index contributed by atoms with van der Waals surface area (Å²) in [6, 6.07) is 5.53. The van der Waals surface area contributed by atoms with Crippen LogP contribution in [0.2, 0.25) is 5.02 Å². The molecule has 9 nitrogen and oxygen atoms in total. The molecule has 10 heteroatoms. The van der Waals surface area contributed by atoms with Gasteiger partial charge in [-0.3, -0.25) is 14.4 Å². The van der Waals surface area contributed by atoms with Crippen LogP contribution in [-0.4, -0.2) is 48.4 Å². The Labute approximate surface area is 202 Å². The van der Waals surface area contributed by atoms with Crippen LogP contribution in [0.3, 0.4) is 0 Å². The first-order valence-corrected chi connectivity index (χ1v) is 11.9. The number of nitrogens with zero attached hydrogens (tertiary/aromatic N) is 1. The van der Waals surface area contributed by atoms with Crippen LogP contribution in [0.25, 0.3) is 10.9 Å². The van der Waals surface area contributed by atoms with Gasteiger partial charge in [-0.2, -0.15) is 5.26 Å². The van der Waals surface area contributed by atoms with E-state index in [1.165, 1.54) is 7.11 Å². The average Bonchev–Trinajstić information content (AvgIpc) is 3.53. The second kappa shape index (κ2) is 10.3. The summed E-state index contributed by atoms with van der Waals surface area (Å²) in [5.74, 6) is -0.327. The molecule has 1 saturated carbocycles. The van der Waals surface area contributed by atoms with Gasteiger partial charge in [0.1, 0.15) is 23.5 Å². The lowest BCUT2D eigenvalue weighted by Crippen LogP contribution is -2.50. The number of nitriles is 1. The maximum absolute atomic E-state index is 13.1. The molecule has 3 amide bonds. The van der Waals surface area contributed by atoms with Crippen LogP contribution in [0.15, 0.2) is 18.2 Å². The van der Waals surface area contributed by atoms with Gasteiger partial charge in [0.15, 0.2) is 0 Å². The topological polar surface area (TPSA) is 136 Å². The van der Waals surface area contributed by atoms with Gasteiger partial charge in [-0.25, -0.2) is 0 Å². The van der Waals surface area contributed by atoms with Crippen LogP contribution in [0.5, 0.6) is 5.75 Å². The molecule has 3 unspecified atom stereocenters. The van der Waals surface area contributed by atoms with Gasteiger partial charge >= 0.3 is 0 Å². The summed E-state index contributed by atoms with van der Waals surface area (Å²) in [6.07, 6.45) is 4.28. The number of nitrogens with one attached hydrogen (secondary N) is 4. The van der Waals surface area contributed by atoms with E-state index in [9.17, 15) is 19.6 Å². The summed E-state index contributed by atoms with van der Waals surface area (Å²) in [4.78, 5) is 41.2. The lowest BCUT2D eigenvalue weighted by atomic mass is 9.92. The number of carbonyl (C=O) groups is 3. The number of methoxy groups -OCH3 is 1. The normalized spacial score (nSPS) is 19.6. The summed E-state index contributed by atoms with van der Waals surface area (Å²) in [5, 5.41) is 19.0. The fraction of sp³-hybridized carbons (Fsp3) is 0.500. The Balaban J connectivity index is 1.46. The summed E-state index contributed by atoms with van der Waals surface area (Å²) >= 11 is 6.26. The third kappa shape index (κ3) is 5.45. The SMILES string of the molecule is COc1ccc(Cl)c2[nH]c(C(=O)NC(CC3CC3)C(=O)NC(C#N)CC3CCCNC3=O)cc12. The second-order valence-electron chi connectivity index (χ2n) is 8.98. The fourth-order valence-corrected chi connectivity index (χ4v) is 4.59. The summed E-state index contributed by atoms with van der Waals surface area (Å²) in [5.41, 5.74) is 0.829. The third-order valence-corrected chi connectivity index (χ3v) is 6.76. The first-order chi connectivity index (χ1) is 16.4. The van der Waals surface area contributed by atoms with E-state index in [0.717, 1.165) is 19.3 Å². The van der Waals surface area contributed by atoms with Crippen LogP contribution >= 0.6 is 11.6 Å². The number of fused-ring (bicyclic) bond motifs is 1. The standard InChI is InChI=1S/C24H28ClN5O4/c1-34-20-7-6-17(25)21-16(20)11-19(29-21)24(33)30-18(9-13-4-5-13)23(32)28-15(12-26)10-14-3-2-8-27-22(14)31/h6-7,11,13-15,18,29H,2-5,8-10H2,1H3,(H,27,31)(H,28,32)(H,30,33). The number of piperidine rings is 1. The molecule has 1 aromatic heterocycles. The molecule has 0 bridgehead atoms. The smallest absolute Gasteiger partial charge is 0.268 e. The number of aromatic nitrogens is 1. The molecule has 1 aliphatic carbocycles. The maximum Gasteiger partial charge on any atom is 0.268 e. The van der Waals surface area contributed by atoms with Gasteiger partial charge < -0.3 is 25.7 Å². The first-order valence-electron chi connectivity index (χ1n) is 11.5. The molecule has 3 atom stereocenters. The molecule has 1 aliphatic heterocycles. The maximum atomic E-state index is 13.1. The van der Waals surface area contributed by atoms with Crippen molar-refractivity contribution in [3.63, 3.8) is 0 Å². The van der Waals surface area contributed by atoms with E-state index >= 15 is 0 Å². The fourth-order valence-electron chi connectivity index (χ4n) is 4.38. The molecule has 0 radical (unpaired) electrons. The van der Waals surface area contributed by atoms with Crippen molar-refractivity contribution in [2.45, 2.75) is 50.6 Å². The van der Waals surface area contributed by atoms with Gasteiger partial charge in [-0.1, -0.05) is 24.4 Å². The van der Waals surface area contributed by atoms with E-state index in [-0.39, 0.29) is 23.9 Å². The number of ether oxygens (including phenoxy) is 1. The van der Waals surface area contributed by atoms with Crippen molar-refractivity contribution in [2.24, 2.45) is 11.8 Å². The molecule has 4 rings (SSSR count). The number of rotatable bonds is 9. The minimum absolute atomic E-state index is 0.0866. The lowest BCUT2D eigenvalue weighted by Gasteiger charge is -2.25. The van der Waals surface area contributed by atoms with Crippen LogP contribution in [-0.2, 0) is 9.59 Å². The van der Waals surface area contributed by atoms with E-state index in [2.05, 4.69) is 27.0 Å². The quantitative estimate of drug-likeness (QED) is 0.433. The molecule has 2 heterocycles. The minimum Gasteiger partial charge on any atom is -0.496 e. The number of hydrogen-bond acceptors (Lipinski definition) is 5. The number of halogens is 1. The first kappa shape index (κ1) is 23.9. The van der Waals surface area contributed by atoms with E-state index in [1.54, 1.807) is 18.2 Å². The molecule has 1 saturated heterocycles. The van der Waals surface area contributed by atoms with Gasteiger partial charge in [0.2, 0.25) is 11.8 Å². The van der Waals surface area contributed by atoms with Gasteiger partial charge in [0, 0.05) is 17.8 Å². The third-order valence-electron chi connectivity index (χ3n) is 6.45. The minimum atomic E-state index is -0.809. The molecule has 0 spiro atoms. The summed E-state index contributed by atoms with van der Waals surface area (Å²) < 4.78 is 5.35. The number of hydrogen-bond donors (Lipinski definition) is 4. The van der Waals surface area contributed by atoms with Gasteiger partial charge in [-0.05, 0) is 49.8 Å². The Kier molecular flexibility index (Phi) is 7.27. The number of H-pyrrole nitrogens is 1. The van der Waals surface area contributed by atoms with Crippen molar-refractivity contribution >= 4 is 40.2 Å². The Morgan fingerprint density at radius 3 is 2.74 bits per heavy atom. The zero-order chi connectivity index (χ0) is 24.2. The van der Waals surface area contributed by atoms with Gasteiger partial charge in [0.25, 0.3) is 5.91 Å². The lowest BCUT2D eigenvalue weighted by molar-refractivity contribution is -0.128. The highest BCUT2D eigenvalue weighted by Gasteiger charge is 2.33. The molecule has 2 aromatic rings. The summed E-state index contributed by atoms with van der Waals surface area (Å²) in [6.45, 7) is 0.638. The molecule has 2 fully saturated rings. The van der Waals surface area contributed by atoms with Crippen molar-refractivity contribution in [2.75, 3.05) is 13.7 Å². The van der Waals surface area contributed by atoms with Crippen LogP contribution < -0.4 is 20.7 Å². The Morgan fingerprint density at radius 1 is 1.26 bits per heavy atom. The Morgan fingerprint density at radius 2 is 2.06 bits per heavy atom. The predicted octanol–water partition coefficient (Wildman–Crippen LogP) is 2.65. The largest absolute Gasteiger partial charge is 0.496 e. The highest BCUT2D eigenvalue weighted by Crippen LogP contribution is 2.34. The van der Waals surface area contributed by atoms with E-state index in [0.29, 0.717) is 47.0 Å². The molecule has 1 aromatic carbocycles. The highest BCUT2D eigenvalue weighted by molar-refractivity contribution is 6.35. The average molecular weight is 486 g/mol. The molecule has 34 heavy (non-hydrogen) atoms. The molecule has 180 valence electrons. The zero-order valence-corrected chi connectivity index (χ0v) is 19.7. The Hall–Kier alpha value is -3.25. The molecule has 2 aliphatic rings. The molecular weight excluding hydrogens is 458 g/mol. The van der Waals surface area contributed by atoms with Crippen LogP contribution in [0.4, 0.5) is 0 Å². The van der Waals surface area contributed by atoms with E-state index in [1.807, 2.05) is 0 Å². The number of benzene rings is 1. The van der Waals surface area contributed by atoms with E-state index in [4.69, 9.17) is 16.3 Å². The number of carbonyl (C=O) groups excluding carboxylic acids is 3.